The van der Waals surface area contributed by atoms with Gasteiger partial charge in [-0.3, -0.25) is 0 Å². The van der Waals surface area contributed by atoms with Crippen LogP contribution in [0.15, 0.2) is 75.4 Å². The second-order valence-corrected chi connectivity index (χ2v) is 14.5. The summed E-state index contributed by atoms with van der Waals surface area (Å²) >= 11 is 0. The van der Waals surface area contributed by atoms with Gasteiger partial charge in [0, 0.05) is 36.0 Å². The van der Waals surface area contributed by atoms with Crippen molar-refractivity contribution in [3.8, 4) is 0 Å². The molecule has 18 heteroatoms. The molecule has 64 heavy (non-hydrogen) atoms. The van der Waals surface area contributed by atoms with Crippen molar-refractivity contribution in [2.75, 3.05) is 54.0 Å². The molecule has 354 valence electrons. The quantitative estimate of drug-likeness (QED) is 0.0469. The number of carbonyl (C=O) groups is 6. The summed E-state index contributed by atoms with van der Waals surface area (Å²) in [6.45, 7) is 33.7. The van der Waals surface area contributed by atoms with E-state index in [-0.39, 0.29) is 62.7 Å². The maximum atomic E-state index is 12.9. The zero-order valence-electron chi connectivity index (χ0n) is 38.7. The Morgan fingerprint density at radius 2 is 0.609 bits per heavy atom. The second-order valence-electron chi connectivity index (χ2n) is 14.5. The molecule has 0 saturated carbocycles. The van der Waals surface area contributed by atoms with Gasteiger partial charge in [0.1, 0.15) is 36.6 Å². The summed E-state index contributed by atoms with van der Waals surface area (Å²) < 4.78 is 34.3. The number of ether oxygens (including phenoxy) is 6. The molecule has 1 aromatic heterocycles. The molecule has 1 aromatic rings. The number of hydrogen-bond donors (Lipinski definition) is 0. The molecule has 0 aliphatic rings. The van der Waals surface area contributed by atoms with E-state index < -0.39 is 72.4 Å². The van der Waals surface area contributed by atoms with Gasteiger partial charge in [0.25, 0.3) is 0 Å². The maximum Gasteiger partial charge on any atom is 0.333 e. The average molecular weight is 897 g/mol. The molecule has 0 aromatic carbocycles. The highest BCUT2D eigenvalue weighted by Crippen LogP contribution is 2.25. The molecular weight excluding hydrogens is 829 g/mol. The van der Waals surface area contributed by atoms with Crippen LogP contribution >= 0.6 is 0 Å². The molecule has 0 spiro atoms. The van der Waals surface area contributed by atoms with E-state index in [1.54, 1.807) is 14.7 Å². The summed E-state index contributed by atoms with van der Waals surface area (Å²) in [5.41, 5.74) is 0.183. The number of carbonyl (C=O) groups excluding carboxylic acids is 6. The smallest absolute Gasteiger partial charge is 0.333 e. The van der Waals surface area contributed by atoms with Crippen LogP contribution in [0.25, 0.3) is 0 Å². The molecule has 0 amide bonds. The molecule has 0 fully saturated rings. The number of aromatic nitrogens is 3. The first kappa shape index (κ1) is 55.7. The Kier molecular flexibility index (Phi) is 26.0. The Hall–Kier alpha value is -6.33. The van der Waals surface area contributed by atoms with Crippen molar-refractivity contribution < 1.29 is 57.2 Å². The SMILES string of the molecule is C=CC(=O)OC(CC)CN(CC(CC)OC(=O)C=C)c1nc(N(CC(CC)OC(=O)C=C)CC(CC)OC(=O)C=C)nc(N(CC(CC)OC(=O)C=C)CC(CC)OC(=O)C(=C)C)n1. The zero-order valence-corrected chi connectivity index (χ0v) is 38.7. The van der Waals surface area contributed by atoms with Crippen LogP contribution in [0.4, 0.5) is 17.8 Å². The molecule has 0 N–H and O–H groups in total. The van der Waals surface area contributed by atoms with Gasteiger partial charge in [-0.25, -0.2) is 28.8 Å². The number of esters is 6. The molecule has 0 aliphatic carbocycles. The van der Waals surface area contributed by atoms with Crippen molar-refractivity contribution in [1.82, 2.24) is 15.0 Å². The fraction of sp³-hybridized carbons (Fsp3) is 0.543. The Balaban J connectivity index is 4.52. The molecule has 6 unspecified atom stereocenters. The molecule has 0 aliphatic heterocycles. The van der Waals surface area contributed by atoms with Crippen LogP contribution in [0.5, 0.6) is 0 Å². The van der Waals surface area contributed by atoms with Crippen molar-refractivity contribution in [3.05, 3.63) is 75.4 Å². The summed E-state index contributed by atoms with van der Waals surface area (Å²) in [7, 11) is 0. The highest BCUT2D eigenvalue weighted by Gasteiger charge is 2.31. The molecular formula is C46H68N6O12. The van der Waals surface area contributed by atoms with Crippen LogP contribution in [0, 0.1) is 0 Å². The van der Waals surface area contributed by atoms with E-state index >= 15 is 0 Å². The molecule has 0 saturated heterocycles. The van der Waals surface area contributed by atoms with Crippen molar-refractivity contribution in [2.24, 2.45) is 0 Å². The van der Waals surface area contributed by atoms with Crippen molar-refractivity contribution >= 4 is 53.7 Å². The van der Waals surface area contributed by atoms with E-state index in [2.05, 4.69) is 39.5 Å². The number of anilines is 3. The number of hydrogen-bond acceptors (Lipinski definition) is 18. The normalized spacial score (nSPS) is 13.4. The van der Waals surface area contributed by atoms with Crippen LogP contribution in [-0.4, -0.2) is 127 Å². The number of rotatable bonds is 33. The predicted octanol–water partition coefficient (Wildman–Crippen LogP) is 5.73. The van der Waals surface area contributed by atoms with Crippen LogP contribution in [-0.2, 0) is 57.2 Å². The lowest BCUT2D eigenvalue weighted by Crippen LogP contribution is -2.45. The van der Waals surface area contributed by atoms with E-state index in [1.807, 2.05) is 41.5 Å². The molecule has 18 nitrogen and oxygen atoms in total. The van der Waals surface area contributed by atoms with Gasteiger partial charge in [0.15, 0.2) is 0 Å². The van der Waals surface area contributed by atoms with Gasteiger partial charge in [-0.1, -0.05) is 81.0 Å². The van der Waals surface area contributed by atoms with E-state index in [0.29, 0.717) is 38.5 Å². The Morgan fingerprint density at radius 1 is 0.422 bits per heavy atom. The minimum absolute atomic E-state index is 0.00726. The van der Waals surface area contributed by atoms with E-state index in [4.69, 9.17) is 43.4 Å². The zero-order chi connectivity index (χ0) is 48.4. The van der Waals surface area contributed by atoms with E-state index in [1.165, 1.54) is 6.92 Å². The lowest BCUT2D eigenvalue weighted by Gasteiger charge is -2.34. The number of nitrogens with zero attached hydrogens (tertiary/aromatic N) is 6. The van der Waals surface area contributed by atoms with E-state index in [0.717, 1.165) is 30.4 Å². The fourth-order valence-corrected chi connectivity index (χ4v) is 5.77. The summed E-state index contributed by atoms with van der Waals surface area (Å²) in [6, 6.07) is 0. The Morgan fingerprint density at radius 3 is 0.766 bits per heavy atom. The third kappa shape index (κ3) is 19.8. The third-order valence-corrected chi connectivity index (χ3v) is 9.59. The standard InChI is InChI=1S/C46H68N6O12/c1-14-32(59-38(53)20-7)25-50(26-33(15-2)60-39(54)21-8)44-47-45(51(27-34(16-3)61-40(55)22-9)28-35(17-4)62-41(56)23-10)49-46(48-44)52(29-36(18-5)63-42(57)24-11)30-37(19-6)64-43(58)31(12)13/h20-24,32-37H,7-12,14-19,25-30H2,1-6,13H3. The third-order valence-electron chi connectivity index (χ3n) is 9.59. The maximum absolute atomic E-state index is 12.9. The Labute approximate surface area is 378 Å². The topological polar surface area (TPSA) is 206 Å². The molecule has 1 heterocycles. The predicted molar refractivity (Wildman–Crippen MR) is 243 cm³/mol. The summed E-state index contributed by atoms with van der Waals surface area (Å²) in [4.78, 5) is 95.4. The van der Waals surface area contributed by atoms with Crippen LogP contribution in [0.1, 0.15) is 87.0 Å². The minimum Gasteiger partial charge on any atom is -0.457 e. The van der Waals surface area contributed by atoms with Crippen LogP contribution in [0.3, 0.4) is 0 Å². The van der Waals surface area contributed by atoms with Crippen molar-refractivity contribution in [2.45, 2.75) is 124 Å². The molecule has 0 bridgehead atoms. The first-order valence-electron chi connectivity index (χ1n) is 21.5. The molecule has 0 radical (unpaired) electrons. The van der Waals surface area contributed by atoms with E-state index in [9.17, 15) is 28.8 Å². The van der Waals surface area contributed by atoms with Crippen molar-refractivity contribution in [3.63, 3.8) is 0 Å². The largest absolute Gasteiger partial charge is 0.457 e. The van der Waals surface area contributed by atoms with Crippen molar-refractivity contribution in [1.29, 1.82) is 0 Å². The molecule has 1 rings (SSSR count). The van der Waals surface area contributed by atoms with Crippen LogP contribution in [0.2, 0.25) is 0 Å². The molecule has 6 atom stereocenters. The monoisotopic (exact) mass is 896 g/mol. The van der Waals surface area contributed by atoms with Gasteiger partial charge in [-0.15, -0.1) is 0 Å². The lowest BCUT2D eigenvalue weighted by atomic mass is 10.2. The average Bonchev–Trinajstić information content (AvgIpc) is 3.30. The minimum atomic E-state index is -0.746. The van der Waals surface area contributed by atoms with Gasteiger partial charge in [0.2, 0.25) is 17.8 Å². The first-order valence-corrected chi connectivity index (χ1v) is 21.5. The van der Waals surface area contributed by atoms with Crippen LogP contribution < -0.4 is 14.7 Å². The first-order chi connectivity index (χ1) is 30.5. The Bertz CT molecular complexity index is 1640. The summed E-state index contributed by atoms with van der Waals surface area (Å²) in [6.07, 6.45) is 2.86. The van der Waals surface area contributed by atoms with Gasteiger partial charge in [-0.2, -0.15) is 15.0 Å². The highest BCUT2D eigenvalue weighted by atomic mass is 16.6. The highest BCUT2D eigenvalue weighted by molar-refractivity contribution is 5.87. The van der Waals surface area contributed by atoms with Gasteiger partial charge in [0.05, 0.1) is 39.3 Å². The summed E-state index contributed by atoms with van der Waals surface area (Å²) in [5.74, 6) is -3.89. The lowest BCUT2D eigenvalue weighted by molar-refractivity contribution is -0.145. The fourth-order valence-electron chi connectivity index (χ4n) is 5.77. The van der Waals surface area contributed by atoms with Gasteiger partial charge >= 0.3 is 35.8 Å². The second kappa shape index (κ2) is 29.9. The summed E-state index contributed by atoms with van der Waals surface area (Å²) in [5, 5.41) is 0. The van der Waals surface area contributed by atoms with Gasteiger partial charge in [-0.05, 0) is 45.4 Å². The van der Waals surface area contributed by atoms with Gasteiger partial charge < -0.3 is 43.1 Å².